The van der Waals surface area contributed by atoms with Gasteiger partial charge in [-0.1, -0.05) is 17.7 Å². The zero-order valence-electron chi connectivity index (χ0n) is 14.7. The van der Waals surface area contributed by atoms with Crippen molar-refractivity contribution in [3.63, 3.8) is 0 Å². The molecule has 2 amide bonds. The number of nitrogens with zero attached hydrogens (tertiary/aromatic N) is 3. The van der Waals surface area contributed by atoms with Gasteiger partial charge in [0.2, 0.25) is 5.91 Å². The first-order valence-corrected chi connectivity index (χ1v) is 8.55. The van der Waals surface area contributed by atoms with Crippen molar-refractivity contribution >= 4 is 11.8 Å². The molecule has 1 aliphatic rings. The highest BCUT2D eigenvalue weighted by atomic mass is 19.4. The Balaban J connectivity index is 1.83. The minimum absolute atomic E-state index is 0.195. The van der Waals surface area contributed by atoms with Crippen LogP contribution in [0.1, 0.15) is 34.5 Å². The average Bonchev–Trinajstić information content (AvgIpc) is 3.29. The number of benzene rings is 1. The van der Waals surface area contributed by atoms with Gasteiger partial charge >= 0.3 is 6.18 Å². The quantitative estimate of drug-likeness (QED) is 0.887. The van der Waals surface area contributed by atoms with Gasteiger partial charge in [-0.05, 0) is 31.9 Å². The summed E-state index contributed by atoms with van der Waals surface area (Å²) in [7, 11) is 0. The van der Waals surface area contributed by atoms with Crippen molar-refractivity contribution in [3.05, 3.63) is 47.3 Å². The summed E-state index contributed by atoms with van der Waals surface area (Å²) in [4.78, 5) is 25.9. The van der Waals surface area contributed by atoms with Crippen LogP contribution in [0.3, 0.4) is 0 Å². The van der Waals surface area contributed by atoms with Crippen molar-refractivity contribution in [1.82, 2.24) is 20.0 Å². The predicted octanol–water partition coefficient (Wildman–Crippen LogP) is 2.55. The second-order valence-electron chi connectivity index (χ2n) is 6.42. The van der Waals surface area contributed by atoms with Crippen LogP contribution in [0.5, 0.6) is 0 Å². The van der Waals surface area contributed by atoms with Crippen LogP contribution in [-0.2, 0) is 11.0 Å². The topological polar surface area (TPSA) is 67.2 Å². The number of alkyl halides is 3. The van der Waals surface area contributed by atoms with Crippen molar-refractivity contribution in [2.75, 3.05) is 19.6 Å². The number of aryl methyl sites for hydroxylation is 1. The Bertz CT molecular complexity index is 837. The third-order valence-corrected chi connectivity index (χ3v) is 4.42. The first kappa shape index (κ1) is 18.9. The lowest BCUT2D eigenvalue weighted by molar-refractivity contribution is -0.143. The molecule has 3 rings (SSSR count). The lowest BCUT2D eigenvalue weighted by Crippen LogP contribution is -2.39. The van der Waals surface area contributed by atoms with Crippen LogP contribution in [0.4, 0.5) is 13.2 Å². The van der Waals surface area contributed by atoms with Gasteiger partial charge in [-0.2, -0.15) is 18.3 Å². The maximum absolute atomic E-state index is 13.6. The fraction of sp³-hybridized carbons (Fsp3) is 0.389. The van der Waals surface area contributed by atoms with Gasteiger partial charge < -0.3 is 10.2 Å². The minimum atomic E-state index is -4.78. The van der Waals surface area contributed by atoms with E-state index in [2.05, 4.69) is 10.4 Å². The Morgan fingerprint density at radius 2 is 1.78 bits per heavy atom. The molecule has 0 bridgehead atoms. The Hall–Kier alpha value is -2.84. The summed E-state index contributed by atoms with van der Waals surface area (Å²) in [6.45, 7) is 2.68. The largest absolute Gasteiger partial charge is 0.434 e. The molecule has 2 heterocycles. The van der Waals surface area contributed by atoms with Gasteiger partial charge in [0.25, 0.3) is 5.91 Å². The molecule has 0 spiro atoms. The number of carbonyl (C=O) groups excluding carboxylic acids is 2. The summed E-state index contributed by atoms with van der Waals surface area (Å²) in [5.74, 6) is -1.28. The molecule has 1 aromatic carbocycles. The van der Waals surface area contributed by atoms with Crippen LogP contribution < -0.4 is 5.32 Å². The van der Waals surface area contributed by atoms with Gasteiger partial charge in [0.15, 0.2) is 5.69 Å². The number of halogens is 3. The zero-order valence-corrected chi connectivity index (χ0v) is 14.7. The molecular formula is C18H19F3N4O2. The maximum Gasteiger partial charge on any atom is 0.434 e. The van der Waals surface area contributed by atoms with E-state index in [4.69, 9.17) is 0 Å². The Labute approximate surface area is 154 Å². The molecule has 144 valence electrons. The smallest absolute Gasteiger partial charge is 0.343 e. The average molecular weight is 380 g/mol. The van der Waals surface area contributed by atoms with Crippen molar-refractivity contribution in [3.8, 4) is 5.69 Å². The van der Waals surface area contributed by atoms with Crippen LogP contribution in [0.15, 0.2) is 30.5 Å². The van der Waals surface area contributed by atoms with Crippen LogP contribution in [0.2, 0.25) is 0 Å². The first-order valence-electron chi connectivity index (χ1n) is 8.55. The fourth-order valence-electron chi connectivity index (χ4n) is 3.00. The molecule has 1 saturated heterocycles. The van der Waals surface area contributed by atoms with Crippen molar-refractivity contribution < 1.29 is 22.8 Å². The van der Waals surface area contributed by atoms with Crippen molar-refractivity contribution in [1.29, 1.82) is 0 Å². The Kier molecular flexibility index (Phi) is 5.20. The molecule has 1 fully saturated rings. The van der Waals surface area contributed by atoms with Crippen molar-refractivity contribution in [2.24, 2.45) is 0 Å². The maximum atomic E-state index is 13.6. The van der Waals surface area contributed by atoms with E-state index in [0.29, 0.717) is 17.8 Å². The van der Waals surface area contributed by atoms with E-state index < -0.39 is 23.3 Å². The van der Waals surface area contributed by atoms with Crippen LogP contribution >= 0.6 is 0 Å². The predicted molar refractivity (Wildman–Crippen MR) is 91.5 cm³/mol. The number of carbonyl (C=O) groups is 2. The molecule has 0 unspecified atom stereocenters. The molecular weight excluding hydrogens is 361 g/mol. The summed E-state index contributed by atoms with van der Waals surface area (Å²) in [6.07, 6.45) is -2.13. The molecule has 0 saturated carbocycles. The number of hydrogen-bond donors (Lipinski definition) is 1. The van der Waals surface area contributed by atoms with Crippen LogP contribution in [0, 0.1) is 6.92 Å². The molecule has 0 atom stereocenters. The van der Waals surface area contributed by atoms with E-state index in [1.165, 1.54) is 12.1 Å². The molecule has 0 aliphatic carbocycles. The molecule has 1 N–H and O–H groups in total. The van der Waals surface area contributed by atoms with Crippen LogP contribution in [0.25, 0.3) is 5.69 Å². The van der Waals surface area contributed by atoms with E-state index in [0.717, 1.165) is 24.6 Å². The van der Waals surface area contributed by atoms with E-state index in [-0.39, 0.29) is 18.1 Å². The van der Waals surface area contributed by atoms with Gasteiger partial charge in [-0.25, -0.2) is 4.68 Å². The molecule has 6 nitrogen and oxygen atoms in total. The van der Waals surface area contributed by atoms with Gasteiger partial charge in [0.1, 0.15) is 0 Å². The first-order chi connectivity index (χ1) is 12.8. The lowest BCUT2D eigenvalue weighted by Gasteiger charge is -2.16. The number of hydrogen-bond acceptors (Lipinski definition) is 3. The minimum Gasteiger partial charge on any atom is -0.343 e. The zero-order chi connectivity index (χ0) is 19.6. The highest BCUT2D eigenvalue weighted by Crippen LogP contribution is 2.33. The van der Waals surface area contributed by atoms with E-state index in [1.54, 1.807) is 17.0 Å². The van der Waals surface area contributed by atoms with E-state index >= 15 is 0 Å². The normalized spacial score (nSPS) is 14.4. The summed E-state index contributed by atoms with van der Waals surface area (Å²) >= 11 is 0. The number of nitrogens with one attached hydrogen (secondary N) is 1. The van der Waals surface area contributed by atoms with Crippen molar-refractivity contribution in [2.45, 2.75) is 25.9 Å². The number of likely N-dealkylation sites (tertiary alicyclic amines) is 1. The third-order valence-electron chi connectivity index (χ3n) is 4.42. The highest BCUT2D eigenvalue weighted by Gasteiger charge is 2.40. The SMILES string of the molecule is Cc1ccc(-n2ncc(C(=O)NCC(=O)N3CCCC3)c2C(F)(F)F)cc1. The number of rotatable bonds is 4. The van der Waals surface area contributed by atoms with Gasteiger partial charge in [-0.15, -0.1) is 0 Å². The number of amides is 2. The van der Waals surface area contributed by atoms with Gasteiger partial charge in [0, 0.05) is 13.1 Å². The molecule has 1 aliphatic heterocycles. The molecule has 0 radical (unpaired) electrons. The number of aromatic nitrogens is 2. The Morgan fingerprint density at radius 1 is 1.15 bits per heavy atom. The molecule has 1 aromatic heterocycles. The second kappa shape index (κ2) is 7.42. The van der Waals surface area contributed by atoms with Gasteiger partial charge in [-0.3, -0.25) is 9.59 Å². The van der Waals surface area contributed by atoms with E-state index in [1.807, 2.05) is 6.92 Å². The fourth-order valence-corrected chi connectivity index (χ4v) is 3.00. The van der Waals surface area contributed by atoms with E-state index in [9.17, 15) is 22.8 Å². The summed E-state index contributed by atoms with van der Waals surface area (Å²) in [5.41, 5.74) is -0.701. The molecule has 9 heteroatoms. The summed E-state index contributed by atoms with van der Waals surface area (Å²) in [5, 5.41) is 6.03. The summed E-state index contributed by atoms with van der Waals surface area (Å²) in [6, 6.07) is 6.31. The van der Waals surface area contributed by atoms with Crippen LogP contribution in [-0.4, -0.2) is 46.1 Å². The third kappa shape index (κ3) is 4.12. The standard InChI is InChI=1S/C18H19F3N4O2/c1-12-4-6-13(7-5-12)25-16(18(19,20)21)14(10-23-25)17(27)22-11-15(26)24-8-2-3-9-24/h4-7,10H,2-3,8-9,11H2,1H3,(H,22,27). The Morgan fingerprint density at radius 3 is 2.37 bits per heavy atom. The highest BCUT2D eigenvalue weighted by molar-refractivity contribution is 5.97. The molecule has 27 heavy (non-hydrogen) atoms. The van der Waals surface area contributed by atoms with Gasteiger partial charge in [0.05, 0.1) is 24.0 Å². The molecule has 2 aromatic rings. The lowest BCUT2D eigenvalue weighted by atomic mass is 10.2. The monoisotopic (exact) mass is 380 g/mol. The second-order valence-corrected chi connectivity index (χ2v) is 6.42. The summed E-state index contributed by atoms with van der Waals surface area (Å²) < 4.78 is 41.5.